The predicted octanol–water partition coefficient (Wildman–Crippen LogP) is 7.13. The number of carbonyl (C=O) groups excluding carboxylic acids is 1. The average Bonchev–Trinajstić information content (AvgIpc) is 3.20. The number of rotatable bonds is 8. The van der Waals surface area contributed by atoms with Crippen molar-refractivity contribution in [1.29, 1.82) is 0 Å². The van der Waals surface area contributed by atoms with Crippen LogP contribution in [0.25, 0.3) is 0 Å². The molecule has 3 aromatic rings. The largest absolute Gasteiger partial charge is 0.497 e. The average molecular weight is 474 g/mol. The molecule has 1 aliphatic heterocycles. The molecule has 1 unspecified atom stereocenters. The molecule has 1 aromatic heterocycles. The SMILES string of the molecule is CCC(CC)(CC(=O)c1c(C)nn2c1NC(c1ccc(OC)cc1)CC2(C)C)c1ccc(C)cc1. The summed E-state index contributed by atoms with van der Waals surface area (Å²) in [4.78, 5) is 14.0. The lowest BCUT2D eigenvalue weighted by molar-refractivity contribution is 0.0944. The zero-order valence-electron chi connectivity index (χ0n) is 22.2. The minimum absolute atomic E-state index is 0.0882. The first kappa shape index (κ1) is 25.0. The van der Waals surface area contributed by atoms with Gasteiger partial charge in [0.15, 0.2) is 5.78 Å². The molecule has 0 spiro atoms. The monoisotopic (exact) mass is 473 g/mol. The second-order valence-electron chi connectivity index (χ2n) is 10.7. The van der Waals surface area contributed by atoms with Crippen molar-refractivity contribution in [2.24, 2.45) is 0 Å². The van der Waals surface area contributed by atoms with Crippen LogP contribution < -0.4 is 10.1 Å². The molecule has 0 aliphatic carbocycles. The quantitative estimate of drug-likeness (QED) is 0.354. The molecule has 2 aromatic carbocycles. The number of fused-ring (bicyclic) bond motifs is 1. The van der Waals surface area contributed by atoms with Crippen molar-refractivity contribution >= 4 is 11.6 Å². The van der Waals surface area contributed by atoms with Gasteiger partial charge in [-0.3, -0.25) is 4.79 Å². The number of benzene rings is 2. The zero-order valence-corrected chi connectivity index (χ0v) is 22.2. The van der Waals surface area contributed by atoms with Gasteiger partial charge in [-0.1, -0.05) is 55.8 Å². The second-order valence-corrected chi connectivity index (χ2v) is 10.7. The molecular formula is C30H39N3O2. The van der Waals surface area contributed by atoms with Gasteiger partial charge in [0.05, 0.1) is 29.9 Å². The molecule has 4 rings (SSSR count). The maximum atomic E-state index is 14.0. The van der Waals surface area contributed by atoms with Gasteiger partial charge in [-0.15, -0.1) is 0 Å². The van der Waals surface area contributed by atoms with Crippen LogP contribution in [0.15, 0.2) is 48.5 Å². The topological polar surface area (TPSA) is 56.2 Å². The summed E-state index contributed by atoms with van der Waals surface area (Å²) in [5.41, 5.74) is 4.77. The lowest BCUT2D eigenvalue weighted by atomic mass is 9.71. The van der Waals surface area contributed by atoms with Crippen LogP contribution in [0.4, 0.5) is 5.82 Å². The molecule has 5 nitrogen and oxygen atoms in total. The van der Waals surface area contributed by atoms with Crippen molar-refractivity contribution in [3.63, 3.8) is 0 Å². The number of aryl methyl sites for hydroxylation is 2. The van der Waals surface area contributed by atoms with Crippen LogP contribution in [0.3, 0.4) is 0 Å². The van der Waals surface area contributed by atoms with Crippen molar-refractivity contribution in [2.45, 2.75) is 84.2 Å². The van der Waals surface area contributed by atoms with Gasteiger partial charge in [0.25, 0.3) is 0 Å². The highest BCUT2D eigenvalue weighted by atomic mass is 16.5. The van der Waals surface area contributed by atoms with Crippen LogP contribution in [0, 0.1) is 13.8 Å². The van der Waals surface area contributed by atoms with Crippen LogP contribution >= 0.6 is 0 Å². The molecule has 1 atom stereocenters. The van der Waals surface area contributed by atoms with Crippen LogP contribution in [0.5, 0.6) is 5.75 Å². The molecular weight excluding hydrogens is 434 g/mol. The van der Waals surface area contributed by atoms with Gasteiger partial charge in [-0.2, -0.15) is 5.10 Å². The van der Waals surface area contributed by atoms with E-state index in [1.165, 1.54) is 16.7 Å². The molecule has 0 saturated carbocycles. The molecule has 2 heterocycles. The summed E-state index contributed by atoms with van der Waals surface area (Å²) in [6, 6.07) is 17.0. The number of ketones is 1. The number of aromatic nitrogens is 2. The van der Waals surface area contributed by atoms with Crippen molar-refractivity contribution in [3.05, 3.63) is 76.5 Å². The van der Waals surface area contributed by atoms with Gasteiger partial charge in [0, 0.05) is 11.8 Å². The minimum atomic E-state index is -0.224. The van der Waals surface area contributed by atoms with E-state index in [0.717, 1.165) is 42.1 Å². The third kappa shape index (κ3) is 4.61. The van der Waals surface area contributed by atoms with Crippen LogP contribution in [0.2, 0.25) is 0 Å². The van der Waals surface area contributed by atoms with E-state index in [9.17, 15) is 4.79 Å². The Hall–Kier alpha value is -3.08. The molecule has 0 fully saturated rings. The lowest BCUT2D eigenvalue weighted by Gasteiger charge is -2.38. The standard InChI is InChI=1S/C30H39N3O2/c1-8-30(9-2,23-14-10-20(3)11-15-23)19-26(34)27-21(4)32-33-28(27)31-25(18-29(33,5)6)22-12-16-24(35-7)17-13-22/h10-17,25,31H,8-9,18-19H2,1-7H3. The highest BCUT2D eigenvalue weighted by Gasteiger charge is 2.40. The fourth-order valence-corrected chi connectivity index (χ4v) is 5.59. The van der Waals surface area contributed by atoms with Gasteiger partial charge in [-0.25, -0.2) is 4.68 Å². The van der Waals surface area contributed by atoms with Gasteiger partial charge < -0.3 is 10.1 Å². The van der Waals surface area contributed by atoms with Gasteiger partial charge in [0.2, 0.25) is 0 Å². The third-order valence-electron chi connectivity index (χ3n) is 7.96. The van der Waals surface area contributed by atoms with Gasteiger partial charge in [-0.05, 0) is 70.2 Å². The molecule has 1 N–H and O–H groups in total. The molecule has 1 aliphatic rings. The van der Waals surface area contributed by atoms with Crippen molar-refractivity contribution in [2.75, 3.05) is 12.4 Å². The Bertz CT molecular complexity index is 1190. The number of carbonyl (C=O) groups is 1. The highest BCUT2D eigenvalue weighted by molar-refractivity contribution is 6.02. The molecule has 186 valence electrons. The van der Waals surface area contributed by atoms with Crippen molar-refractivity contribution in [1.82, 2.24) is 9.78 Å². The Labute approximate surface area is 209 Å². The summed E-state index contributed by atoms with van der Waals surface area (Å²) in [6.07, 6.45) is 3.17. The van der Waals surface area contributed by atoms with E-state index in [-0.39, 0.29) is 22.8 Å². The van der Waals surface area contributed by atoms with E-state index in [1.54, 1.807) is 7.11 Å². The van der Waals surface area contributed by atoms with E-state index in [1.807, 2.05) is 23.7 Å². The number of hydrogen-bond donors (Lipinski definition) is 1. The number of nitrogens with one attached hydrogen (secondary N) is 1. The summed E-state index contributed by atoms with van der Waals surface area (Å²) < 4.78 is 7.37. The number of anilines is 1. The molecule has 0 amide bonds. The van der Waals surface area contributed by atoms with Crippen molar-refractivity contribution in [3.8, 4) is 5.75 Å². The number of ether oxygens (including phenoxy) is 1. The number of methoxy groups -OCH3 is 1. The maximum absolute atomic E-state index is 14.0. The van der Waals surface area contributed by atoms with E-state index in [0.29, 0.717) is 6.42 Å². The third-order valence-corrected chi connectivity index (χ3v) is 7.96. The van der Waals surface area contributed by atoms with Gasteiger partial charge >= 0.3 is 0 Å². The Morgan fingerprint density at radius 3 is 2.29 bits per heavy atom. The van der Waals surface area contributed by atoms with Crippen molar-refractivity contribution < 1.29 is 9.53 Å². The van der Waals surface area contributed by atoms with Crippen LogP contribution in [-0.4, -0.2) is 22.7 Å². The normalized spacial score (nSPS) is 16.9. The number of nitrogens with zero attached hydrogens (tertiary/aromatic N) is 2. The predicted molar refractivity (Wildman–Crippen MR) is 143 cm³/mol. The lowest BCUT2D eigenvalue weighted by Crippen LogP contribution is -2.38. The Kier molecular flexibility index (Phi) is 6.81. The highest BCUT2D eigenvalue weighted by Crippen LogP contribution is 2.43. The number of hydrogen-bond acceptors (Lipinski definition) is 4. The van der Waals surface area contributed by atoms with Crippen LogP contribution in [-0.2, 0) is 11.0 Å². The van der Waals surface area contributed by atoms with E-state index in [2.05, 4.69) is 76.3 Å². The van der Waals surface area contributed by atoms with Gasteiger partial charge in [0.1, 0.15) is 11.6 Å². The summed E-state index contributed by atoms with van der Waals surface area (Å²) in [7, 11) is 1.68. The van der Waals surface area contributed by atoms with E-state index >= 15 is 0 Å². The zero-order chi connectivity index (χ0) is 25.4. The first-order valence-electron chi connectivity index (χ1n) is 12.7. The molecule has 5 heteroatoms. The summed E-state index contributed by atoms with van der Waals surface area (Å²) in [5.74, 6) is 1.84. The summed E-state index contributed by atoms with van der Waals surface area (Å²) in [5, 5.41) is 8.54. The minimum Gasteiger partial charge on any atom is -0.497 e. The smallest absolute Gasteiger partial charge is 0.169 e. The Balaban J connectivity index is 1.70. The fraction of sp³-hybridized carbons (Fsp3) is 0.467. The molecule has 35 heavy (non-hydrogen) atoms. The molecule has 0 saturated heterocycles. The first-order valence-corrected chi connectivity index (χ1v) is 12.7. The van der Waals surface area contributed by atoms with E-state index < -0.39 is 0 Å². The molecule has 0 bridgehead atoms. The Morgan fingerprint density at radius 1 is 1.09 bits per heavy atom. The maximum Gasteiger partial charge on any atom is 0.169 e. The summed E-state index contributed by atoms with van der Waals surface area (Å²) in [6.45, 7) is 12.8. The Morgan fingerprint density at radius 2 is 1.71 bits per heavy atom. The van der Waals surface area contributed by atoms with Crippen LogP contribution in [0.1, 0.15) is 92.2 Å². The second kappa shape index (κ2) is 9.52. The number of Topliss-reactive ketones (excluding diaryl/α,β-unsaturated/α-hetero) is 1. The fourth-order valence-electron chi connectivity index (χ4n) is 5.59. The first-order chi connectivity index (χ1) is 16.6. The summed E-state index contributed by atoms with van der Waals surface area (Å²) >= 11 is 0. The van der Waals surface area contributed by atoms with E-state index in [4.69, 9.17) is 9.84 Å². The molecule has 0 radical (unpaired) electrons.